The van der Waals surface area contributed by atoms with Gasteiger partial charge in [0.1, 0.15) is 5.76 Å². The van der Waals surface area contributed by atoms with Gasteiger partial charge in [-0.25, -0.2) is 0 Å². The molecule has 0 spiro atoms. The molecule has 2 aromatic rings. The lowest BCUT2D eigenvalue weighted by Crippen LogP contribution is -2.19. The molecule has 0 aliphatic carbocycles. The Labute approximate surface area is 140 Å². The van der Waals surface area contributed by atoms with E-state index in [0.29, 0.717) is 0 Å². The van der Waals surface area contributed by atoms with Crippen molar-refractivity contribution in [1.29, 1.82) is 0 Å². The summed E-state index contributed by atoms with van der Waals surface area (Å²) in [6, 6.07) is 8.78. The summed E-state index contributed by atoms with van der Waals surface area (Å²) in [5.41, 5.74) is 5.17. The molecule has 2 nitrogen and oxygen atoms in total. The summed E-state index contributed by atoms with van der Waals surface area (Å²) in [7, 11) is 2.17. The van der Waals surface area contributed by atoms with Crippen molar-refractivity contribution in [2.75, 3.05) is 13.6 Å². The number of rotatable bonds is 8. The number of hydrogen-bond donors (Lipinski definition) is 0. The molecule has 2 heteroatoms. The van der Waals surface area contributed by atoms with Crippen LogP contribution in [-0.2, 0) is 13.0 Å². The van der Waals surface area contributed by atoms with Gasteiger partial charge in [-0.3, -0.25) is 0 Å². The van der Waals surface area contributed by atoms with Crippen molar-refractivity contribution in [1.82, 2.24) is 4.90 Å². The minimum atomic E-state index is 0.905. The standard InChI is InChI=1S/C21H27NO/c1-5-6-12-21-18(3)23-16-20(21)15-22(4)13-8-11-19-10-7-9-17(2)14-19/h5-7,9-10,12,14,16H,1,8,11,13,15H2,2-4H3/b12-6-. The molecular formula is C21H27NO. The Morgan fingerprint density at radius 1 is 1.26 bits per heavy atom. The SMILES string of the molecule is C=C/C=C\c1c(CN(C)CCCc2cccc(C)c2)coc1C. The molecule has 0 amide bonds. The van der Waals surface area contributed by atoms with Crippen LogP contribution in [0.5, 0.6) is 0 Å². The minimum Gasteiger partial charge on any atom is -0.469 e. The van der Waals surface area contributed by atoms with E-state index >= 15 is 0 Å². The number of furan rings is 1. The molecule has 0 bridgehead atoms. The maximum Gasteiger partial charge on any atom is 0.108 e. The molecule has 0 N–H and O–H groups in total. The molecule has 122 valence electrons. The van der Waals surface area contributed by atoms with Crippen LogP contribution in [0.1, 0.15) is 34.4 Å². The van der Waals surface area contributed by atoms with Crippen LogP contribution in [-0.4, -0.2) is 18.5 Å². The lowest BCUT2D eigenvalue weighted by Gasteiger charge is -2.16. The maximum atomic E-state index is 5.57. The van der Waals surface area contributed by atoms with E-state index in [9.17, 15) is 0 Å². The monoisotopic (exact) mass is 309 g/mol. The van der Waals surface area contributed by atoms with Crippen molar-refractivity contribution in [3.05, 3.63) is 77.3 Å². The zero-order valence-electron chi connectivity index (χ0n) is 14.5. The normalized spacial score (nSPS) is 11.5. The Bertz CT molecular complexity index is 666. The van der Waals surface area contributed by atoms with Gasteiger partial charge in [0.25, 0.3) is 0 Å². The number of allylic oxidation sites excluding steroid dienone is 2. The highest BCUT2D eigenvalue weighted by Gasteiger charge is 2.10. The first-order valence-electron chi connectivity index (χ1n) is 8.20. The largest absolute Gasteiger partial charge is 0.469 e. The Hall–Kier alpha value is -2.06. The Balaban J connectivity index is 1.86. The third-order valence-corrected chi connectivity index (χ3v) is 4.03. The van der Waals surface area contributed by atoms with Gasteiger partial charge in [-0.15, -0.1) is 0 Å². The molecule has 23 heavy (non-hydrogen) atoms. The summed E-state index contributed by atoms with van der Waals surface area (Å²) < 4.78 is 5.57. The third kappa shape index (κ3) is 5.26. The van der Waals surface area contributed by atoms with Gasteiger partial charge in [-0.2, -0.15) is 0 Å². The quantitative estimate of drug-likeness (QED) is 0.626. The second kappa shape index (κ2) is 8.54. The zero-order valence-corrected chi connectivity index (χ0v) is 14.5. The summed E-state index contributed by atoms with van der Waals surface area (Å²) >= 11 is 0. The van der Waals surface area contributed by atoms with E-state index in [1.54, 1.807) is 6.08 Å². The Morgan fingerprint density at radius 2 is 2.09 bits per heavy atom. The molecule has 0 atom stereocenters. The van der Waals surface area contributed by atoms with Gasteiger partial charge in [0.15, 0.2) is 0 Å². The minimum absolute atomic E-state index is 0.905. The predicted molar refractivity (Wildman–Crippen MR) is 98.5 cm³/mol. The van der Waals surface area contributed by atoms with E-state index in [0.717, 1.165) is 31.7 Å². The van der Waals surface area contributed by atoms with Crippen molar-refractivity contribution < 1.29 is 4.42 Å². The Morgan fingerprint density at radius 3 is 2.83 bits per heavy atom. The number of aryl methyl sites for hydroxylation is 3. The highest BCUT2D eigenvalue weighted by atomic mass is 16.3. The van der Waals surface area contributed by atoms with Crippen molar-refractivity contribution in [2.45, 2.75) is 33.2 Å². The van der Waals surface area contributed by atoms with Crippen LogP contribution in [0.3, 0.4) is 0 Å². The fourth-order valence-corrected chi connectivity index (χ4v) is 2.81. The molecule has 0 aliphatic rings. The summed E-state index contributed by atoms with van der Waals surface area (Å²) in [6.07, 6.45) is 9.98. The van der Waals surface area contributed by atoms with E-state index in [4.69, 9.17) is 4.42 Å². The van der Waals surface area contributed by atoms with E-state index in [-0.39, 0.29) is 0 Å². The van der Waals surface area contributed by atoms with E-state index in [2.05, 4.69) is 55.8 Å². The van der Waals surface area contributed by atoms with Crippen LogP contribution < -0.4 is 0 Å². The molecule has 0 unspecified atom stereocenters. The van der Waals surface area contributed by atoms with Gasteiger partial charge in [-0.05, 0) is 45.8 Å². The van der Waals surface area contributed by atoms with Crippen LogP contribution in [0.15, 0.2) is 53.7 Å². The van der Waals surface area contributed by atoms with Gasteiger partial charge in [0.05, 0.1) is 6.26 Å². The van der Waals surface area contributed by atoms with Crippen LogP contribution >= 0.6 is 0 Å². The molecule has 1 aromatic carbocycles. The average Bonchev–Trinajstić information content (AvgIpc) is 2.85. The van der Waals surface area contributed by atoms with Gasteiger partial charge < -0.3 is 9.32 Å². The van der Waals surface area contributed by atoms with Crippen molar-refractivity contribution in [3.63, 3.8) is 0 Å². The molecule has 0 radical (unpaired) electrons. The zero-order chi connectivity index (χ0) is 16.7. The molecule has 1 heterocycles. The van der Waals surface area contributed by atoms with Crippen LogP contribution in [0.25, 0.3) is 6.08 Å². The second-order valence-corrected chi connectivity index (χ2v) is 6.16. The maximum absolute atomic E-state index is 5.57. The smallest absolute Gasteiger partial charge is 0.108 e. The molecule has 0 aliphatic heterocycles. The van der Waals surface area contributed by atoms with Gasteiger partial charge in [0, 0.05) is 17.7 Å². The molecule has 0 saturated carbocycles. The van der Waals surface area contributed by atoms with E-state index in [1.165, 1.54) is 22.3 Å². The number of hydrogen-bond acceptors (Lipinski definition) is 2. The predicted octanol–water partition coefficient (Wildman–Crippen LogP) is 5.16. The first-order chi connectivity index (χ1) is 11.1. The van der Waals surface area contributed by atoms with Crippen LogP contribution in [0.2, 0.25) is 0 Å². The highest BCUT2D eigenvalue weighted by Crippen LogP contribution is 2.20. The number of benzene rings is 1. The lowest BCUT2D eigenvalue weighted by molar-refractivity contribution is 0.321. The first-order valence-corrected chi connectivity index (χ1v) is 8.20. The lowest BCUT2D eigenvalue weighted by atomic mass is 10.1. The fraction of sp³-hybridized carbons (Fsp3) is 0.333. The average molecular weight is 309 g/mol. The molecule has 2 rings (SSSR count). The first kappa shape index (κ1) is 17.3. The topological polar surface area (TPSA) is 16.4 Å². The third-order valence-electron chi connectivity index (χ3n) is 4.03. The summed E-state index contributed by atoms with van der Waals surface area (Å²) in [5, 5.41) is 0. The van der Waals surface area contributed by atoms with Crippen LogP contribution in [0.4, 0.5) is 0 Å². The van der Waals surface area contributed by atoms with Crippen molar-refractivity contribution in [3.8, 4) is 0 Å². The number of nitrogens with zero attached hydrogens (tertiary/aromatic N) is 1. The molecular weight excluding hydrogens is 282 g/mol. The van der Waals surface area contributed by atoms with E-state index < -0.39 is 0 Å². The van der Waals surface area contributed by atoms with E-state index in [1.807, 2.05) is 19.3 Å². The Kier molecular flexibility index (Phi) is 6.42. The fourth-order valence-electron chi connectivity index (χ4n) is 2.81. The summed E-state index contributed by atoms with van der Waals surface area (Å²) in [6.45, 7) is 9.86. The van der Waals surface area contributed by atoms with Crippen molar-refractivity contribution >= 4 is 6.08 Å². The van der Waals surface area contributed by atoms with Gasteiger partial charge in [0.2, 0.25) is 0 Å². The summed E-state index contributed by atoms with van der Waals surface area (Å²) in [5.74, 6) is 0.964. The molecule has 0 saturated heterocycles. The molecule has 1 aromatic heterocycles. The summed E-state index contributed by atoms with van der Waals surface area (Å²) in [4.78, 5) is 2.35. The van der Waals surface area contributed by atoms with Gasteiger partial charge in [-0.1, -0.05) is 54.6 Å². The second-order valence-electron chi connectivity index (χ2n) is 6.16. The van der Waals surface area contributed by atoms with Crippen LogP contribution in [0, 0.1) is 13.8 Å². The molecule has 0 fully saturated rings. The van der Waals surface area contributed by atoms with Crippen molar-refractivity contribution in [2.24, 2.45) is 0 Å². The van der Waals surface area contributed by atoms with Gasteiger partial charge >= 0.3 is 0 Å². The highest BCUT2D eigenvalue weighted by molar-refractivity contribution is 5.56.